The average Bonchev–Trinajstić information content (AvgIpc) is 2.51. The Morgan fingerprint density at radius 2 is 1.85 bits per heavy atom. The fourth-order valence-electron chi connectivity index (χ4n) is 2.94. The molecule has 26 heavy (non-hydrogen) atoms. The zero-order valence-electron chi connectivity index (χ0n) is 14.6. The van der Waals surface area contributed by atoms with Crippen molar-refractivity contribution in [2.45, 2.75) is 20.0 Å². The second kappa shape index (κ2) is 6.81. The molecule has 0 saturated heterocycles. The first kappa shape index (κ1) is 18.5. The van der Waals surface area contributed by atoms with Gasteiger partial charge in [0.05, 0.1) is 18.5 Å². The maximum absolute atomic E-state index is 12.7. The van der Waals surface area contributed by atoms with Crippen molar-refractivity contribution in [3.8, 4) is 5.75 Å². The van der Waals surface area contributed by atoms with Crippen LogP contribution in [0.4, 0.5) is 11.4 Å². The smallest absolute Gasteiger partial charge is 0.267 e. The standard InChI is InChI=1S/C18H19ClN2O4S/c1-11-6-12(2)8-14(7-11)20-18(22)17-10-21(26(3,23)24)15-9-13(19)4-5-16(15)25-17/h4-9,17H,10H2,1-3H3,(H,20,22). The molecule has 1 heterocycles. The zero-order valence-corrected chi connectivity index (χ0v) is 16.2. The van der Waals surface area contributed by atoms with Gasteiger partial charge in [0.2, 0.25) is 10.0 Å². The topological polar surface area (TPSA) is 75.7 Å². The molecule has 8 heteroatoms. The Balaban J connectivity index is 1.89. The molecule has 2 aromatic carbocycles. The predicted octanol–water partition coefficient (Wildman–Crippen LogP) is 3.12. The van der Waals surface area contributed by atoms with Gasteiger partial charge in [-0.15, -0.1) is 0 Å². The lowest BCUT2D eigenvalue weighted by Crippen LogP contribution is -2.48. The molecule has 1 unspecified atom stereocenters. The third-order valence-corrected chi connectivity index (χ3v) is 5.35. The van der Waals surface area contributed by atoms with Crippen LogP contribution in [0.3, 0.4) is 0 Å². The van der Waals surface area contributed by atoms with Gasteiger partial charge in [-0.25, -0.2) is 8.42 Å². The summed E-state index contributed by atoms with van der Waals surface area (Å²) in [5.41, 5.74) is 3.00. The maximum Gasteiger partial charge on any atom is 0.267 e. The fourth-order valence-corrected chi connectivity index (χ4v) is 4.02. The highest BCUT2D eigenvalue weighted by Gasteiger charge is 2.35. The summed E-state index contributed by atoms with van der Waals surface area (Å²) in [7, 11) is -3.59. The van der Waals surface area contributed by atoms with E-state index < -0.39 is 22.0 Å². The Hall–Kier alpha value is -2.25. The quantitative estimate of drug-likeness (QED) is 0.867. The number of nitrogens with one attached hydrogen (secondary N) is 1. The molecule has 0 bridgehead atoms. The number of nitrogens with zero attached hydrogens (tertiary/aromatic N) is 1. The number of anilines is 2. The molecule has 0 saturated carbocycles. The molecular formula is C18H19ClN2O4S. The van der Waals surface area contributed by atoms with Gasteiger partial charge in [-0.05, 0) is 55.3 Å². The van der Waals surface area contributed by atoms with Crippen LogP contribution in [0.15, 0.2) is 36.4 Å². The van der Waals surface area contributed by atoms with Gasteiger partial charge in [0.15, 0.2) is 6.10 Å². The molecule has 0 fully saturated rings. The van der Waals surface area contributed by atoms with Gasteiger partial charge in [-0.2, -0.15) is 0 Å². The van der Waals surface area contributed by atoms with Crippen molar-refractivity contribution in [1.82, 2.24) is 0 Å². The van der Waals surface area contributed by atoms with E-state index >= 15 is 0 Å². The van der Waals surface area contributed by atoms with Crippen molar-refractivity contribution in [2.24, 2.45) is 0 Å². The maximum atomic E-state index is 12.7. The van der Waals surface area contributed by atoms with Crippen molar-refractivity contribution in [3.63, 3.8) is 0 Å². The van der Waals surface area contributed by atoms with Crippen molar-refractivity contribution in [1.29, 1.82) is 0 Å². The Morgan fingerprint density at radius 3 is 2.46 bits per heavy atom. The van der Waals surface area contributed by atoms with Gasteiger partial charge in [-0.3, -0.25) is 9.10 Å². The first-order valence-corrected chi connectivity index (χ1v) is 10.2. The molecule has 1 aliphatic heterocycles. The lowest BCUT2D eigenvalue weighted by Gasteiger charge is -2.34. The van der Waals surface area contributed by atoms with E-state index in [4.69, 9.17) is 16.3 Å². The SMILES string of the molecule is Cc1cc(C)cc(NC(=O)C2CN(S(C)(=O)=O)c3cc(Cl)ccc3O2)c1. The number of hydrogen-bond donors (Lipinski definition) is 1. The first-order valence-electron chi connectivity index (χ1n) is 7.96. The number of rotatable bonds is 3. The van der Waals surface area contributed by atoms with E-state index in [1.807, 2.05) is 32.0 Å². The Morgan fingerprint density at radius 1 is 1.19 bits per heavy atom. The lowest BCUT2D eigenvalue weighted by atomic mass is 10.1. The van der Waals surface area contributed by atoms with Crippen molar-refractivity contribution < 1.29 is 17.9 Å². The van der Waals surface area contributed by atoms with Crippen molar-refractivity contribution >= 4 is 38.9 Å². The Labute approximate surface area is 157 Å². The van der Waals surface area contributed by atoms with Gasteiger partial charge >= 0.3 is 0 Å². The second-order valence-corrected chi connectivity index (χ2v) is 8.72. The summed E-state index contributed by atoms with van der Waals surface area (Å²) in [6.07, 6.45) is 0.112. The second-order valence-electron chi connectivity index (χ2n) is 6.38. The summed E-state index contributed by atoms with van der Waals surface area (Å²) in [6.45, 7) is 3.75. The third kappa shape index (κ3) is 3.94. The number of fused-ring (bicyclic) bond motifs is 1. The monoisotopic (exact) mass is 394 g/mol. The molecule has 0 aromatic heterocycles. The summed E-state index contributed by atoms with van der Waals surface area (Å²) < 4.78 is 31.2. The molecule has 1 amide bonds. The van der Waals surface area contributed by atoms with Crippen LogP contribution >= 0.6 is 11.6 Å². The highest BCUT2D eigenvalue weighted by Crippen LogP contribution is 2.37. The van der Waals surface area contributed by atoms with Crippen LogP contribution in [0.2, 0.25) is 5.02 Å². The van der Waals surface area contributed by atoms with Gasteiger partial charge in [0.25, 0.3) is 5.91 Å². The van der Waals surface area contributed by atoms with Crippen LogP contribution in [0, 0.1) is 13.8 Å². The normalized spacial score (nSPS) is 16.6. The summed E-state index contributed by atoms with van der Waals surface area (Å²) in [5.74, 6) is -0.115. The highest BCUT2D eigenvalue weighted by atomic mass is 35.5. The number of amides is 1. The molecule has 138 valence electrons. The van der Waals surface area contributed by atoms with Crippen LogP contribution < -0.4 is 14.4 Å². The van der Waals surface area contributed by atoms with E-state index in [-0.39, 0.29) is 6.54 Å². The number of halogens is 1. The largest absolute Gasteiger partial charge is 0.476 e. The highest BCUT2D eigenvalue weighted by molar-refractivity contribution is 7.92. The molecule has 2 aromatic rings. The molecule has 1 atom stereocenters. The molecule has 0 spiro atoms. The minimum Gasteiger partial charge on any atom is -0.476 e. The van der Waals surface area contributed by atoms with Crippen molar-refractivity contribution in [2.75, 3.05) is 22.4 Å². The van der Waals surface area contributed by atoms with Crippen LogP contribution in [0.5, 0.6) is 5.75 Å². The Kier molecular flexibility index (Phi) is 4.86. The van der Waals surface area contributed by atoms with Gasteiger partial charge in [0, 0.05) is 10.7 Å². The molecule has 1 aliphatic rings. The lowest BCUT2D eigenvalue weighted by molar-refractivity contribution is -0.122. The number of aryl methyl sites for hydroxylation is 2. The molecule has 0 radical (unpaired) electrons. The molecular weight excluding hydrogens is 376 g/mol. The predicted molar refractivity (Wildman–Crippen MR) is 103 cm³/mol. The van der Waals surface area contributed by atoms with Crippen LogP contribution in [0.1, 0.15) is 11.1 Å². The van der Waals surface area contributed by atoms with E-state index in [2.05, 4.69) is 5.32 Å². The van der Waals surface area contributed by atoms with Crippen molar-refractivity contribution in [3.05, 3.63) is 52.5 Å². The van der Waals surface area contributed by atoms with Crippen LogP contribution in [-0.2, 0) is 14.8 Å². The molecule has 0 aliphatic carbocycles. The van der Waals surface area contributed by atoms with Gasteiger partial charge < -0.3 is 10.1 Å². The van der Waals surface area contributed by atoms with E-state index in [1.54, 1.807) is 12.1 Å². The van der Waals surface area contributed by atoms with E-state index in [9.17, 15) is 13.2 Å². The molecule has 1 N–H and O–H groups in total. The number of carbonyl (C=O) groups is 1. The number of carbonyl (C=O) groups excluding carboxylic acids is 1. The zero-order chi connectivity index (χ0) is 19.1. The van der Waals surface area contributed by atoms with Crippen LogP contribution in [-0.4, -0.2) is 33.2 Å². The number of sulfonamides is 1. The summed E-state index contributed by atoms with van der Waals surface area (Å²) in [5, 5.41) is 3.18. The summed E-state index contributed by atoms with van der Waals surface area (Å²) in [4.78, 5) is 12.7. The average molecular weight is 395 g/mol. The van der Waals surface area contributed by atoms with Gasteiger partial charge in [-0.1, -0.05) is 17.7 Å². The minimum absolute atomic E-state index is 0.122. The number of hydrogen-bond acceptors (Lipinski definition) is 4. The Bertz CT molecular complexity index is 955. The molecule has 3 rings (SSSR count). The third-order valence-electron chi connectivity index (χ3n) is 3.97. The number of ether oxygens (including phenoxy) is 1. The summed E-state index contributed by atoms with van der Waals surface area (Å²) in [6, 6.07) is 10.3. The minimum atomic E-state index is -3.59. The van der Waals surface area contributed by atoms with Gasteiger partial charge in [0.1, 0.15) is 5.75 Å². The first-order chi connectivity index (χ1) is 12.1. The van der Waals surface area contributed by atoms with E-state index in [0.717, 1.165) is 21.7 Å². The van der Waals surface area contributed by atoms with E-state index in [1.165, 1.54) is 6.07 Å². The van der Waals surface area contributed by atoms with E-state index in [0.29, 0.717) is 22.1 Å². The fraction of sp³-hybridized carbons (Fsp3) is 0.278. The van der Waals surface area contributed by atoms with Crippen LogP contribution in [0.25, 0.3) is 0 Å². The summed E-state index contributed by atoms with van der Waals surface area (Å²) >= 11 is 5.97. The molecule has 6 nitrogen and oxygen atoms in total. The number of benzene rings is 2.